The number of carboxylic acid groups (broad SMARTS) is 1. The Labute approximate surface area is 254 Å². The summed E-state index contributed by atoms with van der Waals surface area (Å²) in [5, 5.41) is 40.1. The second-order valence-corrected chi connectivity index (χ2v) is 10.0. The Balaban J connectivity index is 5.54. The highest BCUT2D eigenvalue weighted by atomic mass is 32.1. The number of carbonyl (C=O) groups is 6. The van der Waals surface area contributed by atoms with Crippen molar-refractivity contribution >= 4 is 73.4 Å². The Morgan fingerprint density at radius 3 is 1.66 bits per heavy atom. The van der Waals surface area contributed by atoms with E-state index < -0.39 is 84.5 Å². The molecule has 0 fully saturated rings. The molecule has 0 radical (unpaired) electrons. The fourth-order valence-electron chi connectivity index (χ4n) is 3.16. The first-order valence-corrected chi connectivity index (χ1v) is 14.5. The minimum atomic E-state index is -1.66. The van der Waals surface area contributed by atoms with E-state index in [0.29, 0.717) is 19.4 Å². The third kappa shape index (κ3) is 14.0. The molecule has 0 aliphatic heterocycles. The molecule has 0 bridgehead atoms. The molecule has 19 heteroatoms. The second kappa shape index (κ2) is 20.6. The Bertz CT molecular complexity index is 901. The molecule has 0 heterocycles. The SMILES string of the molecule is C[C@@H](O)[C@H](NC(=O)[C@H](CS)NC(=O)[C@H](CCCCN)NC(=O)[C@@H](N)CS)C(=O)N[C@@H](CO)C(=O)N[C@@H](CS)C(=O)O. The lowest BCUT2D eigenvalue weighted by molar-refractivity contribution is -0.142. The van der Waals surface area contributed by atoms with E-state index in [-0.39, 0.29) is 23.7 Å². The Hall–Kier alpha value is -2.29. The number of thiol groups is 3. The Morgan fingerprint density at radius 1 is 0.707 bits per heavy atom. The minimum Gasteiger partial charge on any atom is -0.480 e. The molecule has 0 rings (SSSR count). The van der Waals surface area contributed by atoms with E-state index in [4.69, 9.17) is 16.6 Å². The predicted octanol–water partition coefficient (Wildman–Crippen LogP) is -4.89. The lowest BCUT2D eigenvalue weighted by Gasteiger charge is -2.27. The summed E-state index contributed by atoms with van der Waals surface area (Å²) in [5.74, 6) is -6.29. The number of nitrogens with two attached hydrogens (primary N) is 2. The van der Waals surface area contributed by atoms with E-state index in [2.05, 4.69) is 64.5 Å². The maximum atomic E-state index is 13.0. The number of rotatable bonds is 20. The normalized spacial score (nSPS) is 16.1. The van der Waals surface area contributed by atoms with Gasteiger partial charge in [-0.3, -0.25) is 24.0 Å². The van der Waals surface area contributed by atoms with Crippen LogP contribution in [0.1, 0.15) is 26.2 Å². The maximum absolute atomic E-state index is 13.0. The number of nitrogens with one attached hydrogen (secondary N) is 5. The smallest absolute Gasteiger partial charge is 0.327 e. The van der Waals surface area contributed by atoms with Gasteiger partial charge in [-0.25, -0.2) is 4.79 Å². The van der Waals surface area contributed by atoms with Crippen LogP contribution >= 0.6 is 37.9 Å². The van der Waals surface area contributed by atoms with E-state index in [1.165, 1.54) is 6.92 Å². The number of hydrogen-bond donors (Lipinski definition) is 13. The van der Waals surface area contributed by atoms with E-state index in [1.807, 2.05) is 0 Å². The summed E-state index contributed by atoms with van der Waals surface area (Å²) in [5.41, 5.74) is 11.2. The molecular formula is C22H41N7O9S3. The number of carbonyl (C=O) groups excluding carboxylic acids is 5. The van der Waals surface area contributed by atoms with Crippen LogP contribution in [0.5, 0.6) is 0 Å². The van der Waals surface area contributed by atoms with Crippen molar-refractivity contribution in [3.8, 4) is 0 Å². The van der Waals surface area contributed by atoms with Crippen molar-refractivity contribution in [3.05, 3.63) is 0 Å². The van der Waals surface area contributed by atoms with Crippen LogP contribution in [0.4, 0.5) is 0 Å². The summed E-state index contributed by atoms with van der Waals surface area (Å²) in [4.78, 5) is 74.4. The van der Waals surface area contributed by atoms with E-state index in [9.17, 15) is 39.0 Å². The number of carboxylic acids is 1. The van der Waals surface area contributed by atoms with Crippen molar-refractivity contribution in [2.75, 3.05) is 30.4 Å². The molecule has 0 aromatic heterocycles. The highest BCUT2D eigenvalue weighted by Gasteiger charge is 2.33. The molecule has 5 amide bonds. The third-order valence-corrected chi connectivity index (χ3v) is 6.73. The fourth-order valence-corrected chi connectivity index (χ4v) is 3.83. The molecule has 0 aliphatic rings. The zero-order valence-electron chi connectivity index (χ0n) is 22.5. The zero-order chi connectivity index (χ0) is 31.7. The molecule has 16 nitrogen and oxygen atoms in total. The van der Waals surface area contributed by atoms with Crippen LogP contribution in [0, 0.1) is 0 Å². The average Bonchev–Trinajstić information content (AvgIpc) is 2.93. The minimum absolute atomic E-state index is 0.0293. The fraction of sp³-hybridized carbons (Fsp3) is 0.727. The summed E-state index contributed by atoms with van der Waals surface area (Å²) >= 11 is 11.8. The van der Waals surface area contributed by atoms with Gasteiger partial charge < -0.3 is 53.4 Å². The third-order valence-electron chi connectivity index (χ3n) is 5.60. The summed E-state index contributed by atoms with van der Waals surface area (Å²) in [6.45, 7) is 0.597. The number of unbranched alkanes of at least 4 members (excludes halogenated alkanes) is 1. The summed E-state index contributed by atoms with van der Waals surface area (Å²) < 4.78 is 0. The molecule has 0 aromatic rings. The van der Waals surface area contributed by atoms with Gasteiger partial charge in [0, 0.05) is 17.3 Å². The van der Waals surface area contributed by atoms with Gasteiger partial charge in [0.15, 0.2) is 0 Å². The summed E-state index contributed by atoms with van der Waals surface area (Å²) in [6.07, 6.45) is -0.270. The average molecular weight is 644 g/mol. The van der Waals surface area contributed by atoms with E-state index in [1.54, 1.807) is 0 Å². The standard InChI is InChI=1S/C22H41N7O9S3/c1-10(31)16(21(36)26-13(6-30)19(34)28-15(9-41)22(37)38)29-20(35)14(8-40)27-18(33)12(4-2-3-5-23)25-17(32)11(24)7-39/h10-16,30-31,39-41H,2-9,23-24H2,1H3,(H,25,32)(H,26,36)(H,27,33)(H,28,34)(H,29,35)(H,37,38)/t10-,11+,12+,13+,14+,15+,16+/m1/s1. The Kier molecular flexibility index (Phi) is 19.4. The first-order chi connectivity index (χ1) is 19.3. The molecule has 0 saturated carbocycles. The lowest BCUT2D eigenvalue weighted by Crippen LogP contribution is -2.62. The first kappa shape index (κ1) is 38.7. The van der Waals surface area contributed by atoms with Crippen LogP contribution in [0.15, 0.2) is 0 Å². The molecule has 7 atom stereocenters. The lowest BCUT2D eigenvalue weighted by atomic mass is 10.1. The van der Waals surface area contributed by atoms with Crippen molar-refractivity contribution in [1.29, 1.82) is 0 Å². The molecule has 0 aliphatic carbocycles. The van der Waals surface area contributed by atoms with Crippen molar-refractivity contribution in [2.24, 2.45) is 11.5 Å². The molecule has 0 spiro atoms. The molecule has 0 aromatic carbocycles. The van der Waals surface area contributed by atoms with Gasteiger partial charge in [-0.05, 0) is 32.7 Å². The van der Waals surface area contributed by atoms with Gasteiger partial charge in [-0.15, -0.1) is 0 Å². The van der Waals surface area contributed by atoms with Crippen LogP contribution in [0.25, 0.3) is 0 Å². The van der Waals surface area contributed by atoms with Gasteiger partial charge in [-0.2, -0.15) is 37.9 Å². The van der Waals surface area contributed by atoms with Crippen LogP contribution in [0.3, 0.4) is 0 Å². The molecule has 0 saturated heterocycles. The van der Waals surface area contributed by atoms with Gasteiger partial charge in [0.1, 0.15) is 30.2 Å². The maximum Gasteiger partial charge on any atom is 0.327 e. The number of aliphatic hydroxyl groups excluding tert-OH is 2. The highest BCUT2D eigenvalue weighted by molar-refractivity contribution is 7.80. The predicted molar refractivity (Wildman–Crippen MR) is 158 cm³/mol. The molecule has 12 N–H and O–H groups in total. The van der Waals surface area contributed by atoms with Crippen molar-refractivity contribution in [1.82, 2.24) is 26.6 Å². The van der Waals surface area contributed by atoms with Gasteiger partial charge in [0.05, 0.1) is 18.8 Å². The van der Waals surface area contributed by atoms with Crippen LogP contribution in [-0.4, -0.2) is 124 Å². The molecular weight excluding hydrogens is 602 g/mol. The van der Waals surface area contributed by atoms with Crippen LogP contribution < -0.4 is 38.1 Å². The van der Waals surface area contributed by atoms with Crippen molar-refractivity contribution < 1.29 is 44.1 Å². The number of aliphatic carboxylic acids is 1. The van der Waals surface area contributed by atoms with Gasteiger partial charge in [0.25, 0.3) is 0 Å². The van der Waals surface area contributed by atoms with Gasteiger partial charge >= 0.3 is 5.97 Å². The van der Waals surface area contributed by atoms with Crippen LogP contribution in [-0.2, 0) is 28.8 Å². The van der Waals surface area contributed by atoms with Crippen molar-refractivity contribution in [2.45, 2.75) is 68.5 Å². The zero-order valence-corrected chi connectivity index (χ0v) is 25.2. The number of hydrogen-bond acceptors (Lipinski definition) is 13. The molecule has 0 unspecified atom stereocenters. The summed E-state index contributed by atoms with van der Waals surface area (Å²) in [6, 6.07) is -8.05. The van der Waals surface area contributed by atoms with Gasteiger partial charge in [0.2, 0.25) is 29.5 Å². The summed E-state index contributed by atoms with van der Waals surface area (Å²) in [7, 11) is 0. The van der Waals surface area contributed by atoms with E-state index >= 15 is 0 Å². The number of aliphatic hydroxyl groups is 2. The quantitative estimate of drug-likeness (QED) is 0.0441. The van der Waals surface area contributed by atoms with Crippen molar-refractivity contribution in [3.63, 3.8) is 0 Å². The molecule has 236 valence electrons. The Morgan fingerprint density at radius 2 is 1.20 bits per heavy atom. The second-order valence-electron chi connectivity index (χ2n) is 8.93. The monoisotopic (exact) mass is 643 g/mol. The largest absolute Gasteiger partial charge is 0.480 e. The van der Waals surface area contributed by atoms with Gasteiger partial charge in [-0.1, -0.05) is 0 Å². The van der Waals surface area contributed by atoms with E-state index in [0.717, 1.165) is 0 Å². The number of amides is 5. The molecule has 41 heavy (non-hydrogen) atoms. The topological polar surface area (TPSA) is 275 Å². The van der Waals surface area contributed by atoms with Crippen LogP contribution in [0.2, 0.25) is 0 Å². The first-order valence-electron chi connectivity index (χ1n) is 12.6. The highest BCUT2D eigenvalue weighted by Crippen LogP contribution is 2.04.